The van der Waals surface area contributed by atoms with Crippen LogP contribution in [0, 0.1) is 10.1 Å². The van der Waals surface area contributed by atoms with E-state index in [0.29, 0.717) is 22.4 Å². The number of nitro groups is 1. The van der Waals surface area contributed by atoms with Crippen LogP contribution in [0.25, 0.3) is 11.1 Å². The second kappa shape index (κ2) is 11.7. The summed E-state index contributed by atoms with van der Waals surface area (Å²) in [4.78, 5) is 36.1. The number of halogens is 2. The summed E-state index contributed by atoms with van der Waals surface area (Å²) >= 11 is 12.2. The van der Waals surface area contributed by atoms with Gasteiger partial charge in [0.25, 0.3) is 5.91 Å². The molecule has 188 valence electrons. The summed E-state index contributed by atoms with van der Waals surface area (Å²) in [5.74, 6) is -0.828. The van der Waals surface area contributed by atoms with E-state index in [0.717, 1.165) is 0 Å². The Hall–Kier alpha value is -3.82. The van der Waals surface area contributed by atoms with E-state index in [1.165, 1.54) is 45.6 Å². The number of nitro benzene ring substituents is 1. The number of esters is 1. The molecule has 9 nitrogen and oxygen atoms in total. The zero-order valence-electron chi connectivity index (χ0n) is 19.5. The van der Waals surface area contributed by atoms with E-state index in [1.807, 2.05) is 0 Å². The predicted molar refractivity (Wildman–Crippen MR) is 135 cm³/mol. The third-order valence-electron chi connectivity index (χ3n) is 5.38. The van der Waals surface area contributed by atoms with Crippen molar-refractivity contribution in [1.29, 1.82) is 0 Å². The lowest BCUT2D eigenvalue weighted by atomic mass is 9.98. The van der Waals surface area contributed by atoms with Gasteiger partial charge in [-0.25, -0.2) is 4.79 Å². The highest BCUT2D eigenvalue weighted by Gasteiger charge is 2.26. The van der Waals surface area contributed by atoms with E-state index in [2.05, 4.69) is 5.32 Å². The number of carbonyl (C=O) groups is 2. The van der Waals surface area contributed by atoms with Crippen LogP contribution in [0.4, 0.5) is 5.69 Å². The second-order valence-corrected chi connectivity index (χ2v) is 8.31. The molecule has 36 heavy (non-hydrogen) atoms. The van der Waals surface area contributed by atoms with E-state index in [1.54, 1.807) is 30.3 Å². The minimum atomic E-state index is -1.03. The summed E-state index contributed by atoms with van der Waals surface area (Å²) in [5, 5.41) is 14.4. The molecule has 0 spiro atoms. The lowest BCUT2D eigenvalue weighted by Crippen LogP contribution is -2.43. The van der Waals surface area contributed by atoms with Gasteiger partial charge in [0, 0.05) is 12.5 Å². The van der Waals surface area contributed by atoms with Crippen molar-refractivity contribution in [2.24, 2.45) is 0 Å². The quantitative estimate of drug-likeness (QED) is 0.231. The molecule has 3 aromatic carbocycles. The Balaban J connectivity index is 1.91. The first-order chi connectivity index (χ1) is 17.2. The molecule has 0 unspecified atom stereocenters. The van der Waals surface area contributed by atoms with Crippen LogP contribution in [0.15, 0.2) is 54.6 Å². The summed E-state index contributed by atoms with van der Waals surface area (Å²) in [6, 6.07) is 13.3. The van der Waals surface area contributed by atoms with Gasteiger partial charge in [0.1, 0.15) is 11.8 Å². The summed E-state index contributed by atoms with van der Waals surface area (Å²) in [6.45, 7) is 0. The average Bonchev–Trinajstić information content (AvgIpc) is 2.87. The summed E-state index contributed by atoms with van der Waals surface area (Å²) in [6.07, 6.45) is 0.101. The number of hydrogen-bond donors (Lipinski definition) is 1. The van der Waals surface area contributed by atoms with Gasteiger partial charge in [-0.05, 0) is 29.3 Å². The van der Waals surface area contributed by atoms with E-state index in [4.69, 9.17) is 37.4 Å². The highest BCUT2D eigenvalue weighted by molar-refractivity contribution is 6.39. The fourth-order valence-electron chi connectivity index (χ4n) is 3.67. The first-order valence-electron chi connectivity index (χ1n) is 10.5. The van der Waals surface area contributed by atoms with E-state index < -0.39 is 22.8 Å². The molecule has 0 aliphatic heterocycles. The molecule has 1 atom stereocenters. The molecule has 1 N–H and O–H groups in total. The minimum Gasteiger partial charge on any atom is -0.496 e. The molecule has 0 saturated carbocycles. The SMILES string of the molecule is COC(=O)[C@H](Cc1ccc(-c2c(OC)ccc([N+](=O)[O-])c2OC)cc1)NC(=O)c1c(Cl)cccc1Cl. The Morgan fingerprint density at radius 1 is 0.972 bits per heavy atom. The van der Waals surface area contributed by atoms with Gasteiger partial charge >= 0.3 is 11.7 Å². The maximum atomic E-state index is 12.8. The number of hydrogen-bond acceptors (Lipinski definition) is 7. The van der Waals surface area contributed by atoms with Crippen molar-refractivity contribution < 1.29 is 28.7 Å². The van der Waals surface area contributed by atoms with Crippen LogP contribution in [0.3, 0.4) is 0 Å². The molecule has 0 aliphatic rings. The van der Waals surface area contributed by atoms with Crippen molar-refractivity contribution in [2.75, 3.05) is 21.3 Å². The van der Waals surface area contributed by atoms with E-state index >= 15 is 0 Å². The molecule has 0 heterocycles. The fourth-order valence-corrected chi connectivity index (χ4v) is 4.24. The monoisotopic (exact) mass is 532 g/mol. The van der Waals surface area contributed by atoms with Crippen LogP contribution in [0.2, 0.25) is 10.0 Å². The van der Waals surface area contributed by atoms with Crippen molar-refractivity contribution >= 4 is 40.8 Å². The number of nitrogens with zero attached hydrogens (tertiary/aromatic N) is 1. The van der Waals surface area contributed by atoms with Crippen LogP contribution in [0.5, 0.6) is 11.5 Å². The smallest absolute Gasteiger partial charge is 0.328 e. The maximum Gasteiger partial charge on any atom is 0.328 e. The molecule has 0 radical (unpaired) electrons. The van der Waals surface area contributed by atoms with Crippen LogP contribution in [0.1, 0.15) is 15.9 Å². The molecule has 3 rings (SSSR count). The number of amides is 1. The number of benzene rings is 3. The Kier molecular flexibility index (Phi) is 8.73. The Bertz CT molecular complexity index is 1280. The lowest BCUT2D eigenvalue weighted by molar-refractivity contribution is -0.385. The molecule has 0 bridgehead atoms. The van der Waals surface area contributed by atoms with Gasteiger partial charge in [-0.15, -0.1) is 0 Å². The predicted octanol–water partition coefficient (Wildman–Crippen LogP) is 5.10. The fraction of sp³-hybridized carbons (Fsp3) is 0.200. The van der Waals surface area contributed by atoms with Gasteiger partial charge in [0.2, 0.25) is 5.75 Å². The molecular formula is C25H22Cl2N2O7. The molecule has 0 aromatic heterocycles. The second-order valence-electron chi connectivity index (χ2n) is 7.50. The molecule has 11 heteroatoms. The van der Waals surface area contributed by atoms with Crippen molar-refractivity contribution in [3.63, 3.8) is 0 Å². The van der Waals surface area contributed by atoms with Crippen molar-refractivity contribution in [3.8, 4) is 22.6 Å². The van der Waals surface area contributed by atoms with Gasteiger partial charge in [-0.2, -0.15) is 0 Å². The maximum absolute atomic E-state index is 12.8. The molecule has 1 amide bonds. The molecular weight excluding hydrogens is 511 g/mol. The summed E-state index contributed by atoms with van der Waals surface area (Å²) in [5.41, 5.74) is 1.53. The van der Waals surface area contributed by atoms with E-state index in [-0.39, 0.29) is 33.5 Å². The summed E-state index contributed by atoms with van der Waals surface area (Å²) < 4.78 is 15.6. The van der Waals surface area contributed by atoms with Crippen LogP contribution in [-0.4, -0.2) is 44.2 Å². The molecule has 0 aliphatic carbocycles. The molecule has 3 aromatic rings. The molecule has 0 saturated heterocycles. The first kappa shape index (κ1) is 26.8. The molecule has 0 fully saturated rings. The highest BCUT2D eigenvalue weighted by Crippen LogP contribution is 2.44. The zero-order chi connectivity index (χ0) is 26.4. The zero-order valence-corrected chi connectivity index (χ0v) is 21.1. The van der Waals surface area contributed by atoms with Crippen LogP contribution >= 0.6 is 23.2 Å². The third kappa shape index (κ3) is 5.69. The van der Waals surface area contributed by atoms with Gasteiger partial charge in [0.05, 0.1) is 47.4 Å². The van der Waals surface area contributed by atoms with Gasteiger partial charge in [-0.3, -0.25) is 14.9 Å². The topological polar surface area (TPSA) is 117 Å². The van der Waals surface area contributed by atoms with Gasteiger partial charge in [0.15, 0.2) is 0 Å². The third-order valence-corrected chi connectivity index (χ3v) is 6.01. The number of carbonyl (C=O) groups excluding carboxylic acids is 2. The van der Waals surface area contributed by atoms with E-state index in [9.17, 15) is 19.7 Å². The van der Waals surface area contributed by atoms with Crippen molar-refractivity contribution in [1.82, 2.24) is 5.32 Å². The van der Waals surface area contributed by atoms with Crippen molar-refractivity contribution in [3.05, 3.63) is 85.9 Å². The number of methoxy groups -OCH3 is 3. The standard InChI is InChI=1S/C25H22Cl2N2O7/c1-34-20-12-11-19(29(32)33)23(35-2)21(20)15-9-7-14(8-10-15)13-18(25(31)36-3)28-24(30)22-16(26)5-4-6-17(22)27/h4-12,18H,13H2,1-3H3,(H,28,30)/t18-/m0/s1. The van der Waals surface area contributed by atoms with Gasteiger partial charge in [-0.1, -0.05) is 53.5 Å². The normalized spacial score (nSPS) is 11.4. The minimum absolute atomic E-state index is 0.0509. The number of nitrogens with one attached hydrogen (secondary N) is 1. The average molecular weight is 533 g/mol. The highest BCUT2D eigenvalue weighted by atomic mass is 35.5. The number of rotatable bonds is 9. The summed E-state index contributed by atoms with van der Waals surface area (Å²) in [7, 11) is 4.01. The lowest BCUT2D eigenvalue weighted by Gasteiger charge is -2.18. The largest absolute Gasteiger partial charge is 0.496 e. The Morgan fingerprint density at radius 3 is 2.14 bits per heavy atom. The van der Waals surface area contributed by atoms with Crippen molar-refractivity contribution in [2.45, 2.75) is 12.5 Å². The van der Waals surface area contributed by atoms with Gasteiger partial charge < -0.3 is 19.5 Å². The van der Waals surface area contributed by atoms with Crippen LogP contribution in [-0.2, 0) is 16.0 Å². The Labute approximate surface area is 217 Å². The first-order valence-corrected chi connectivity index (χ1v) is 11.3. The van der Waals surface area contributed by atoms with Crippen LogP contribution < -0.4 is 14.8 Å². The number of ether oxygens (including phenoxy) is 3. The Morgan fingerprint density at radius 2 is 1.61 bits per heavy atom.